The number of nitrogen functional groups attached to an aromatic ring is 1. The molecule has 0 aliphatic heterocycles. The molecule has 1 aromatic carbocycles. The van der Waals surface area contributed by atoms with Crippen LogP contribution in [0.3, 0.4) is 0 Å². The fourth-order valence-electron chi connectivity index (χ4n) is 1.98. The van der Waals surface area contributed by atoms with Gasteiger partial charge in [-0.2, -0.15) is 9.78 Å². The Hall–Kier alpha value is -2.47. The number of pyridine rings is 1. The van der Waals surface area contributed by atoms with E-state index in [2.05, 4.69) is 5.10 Å². The maximum Gasteiger partial charge on any atom is 0.273 e. The molecular weight excluding hydrogens is 306 g/mol. The maximum absolute atomic E-state index is 11.9. The Morgan fingerprint density at radius 2 is 1.95 bits per heavy atom. The third kappa shape index (κ3) is 3.23. The summed E-state index contributed by atoms with van der Waals surface area (Å²) in [5, 5.41) is 4.47. The molecule has 0 amide bonds. The van der Waals surface area contributed by atoms with Crippen LogP contribution < -0.4 is 20.8 Å². The van der Waals surface area contributed by atoms with Gasteiger partial charge in [0.05, 0.1) is 25.5 Å². The Balaban J connectivity index is 2.43. The van der Waals surface area contributed by atoms with Crippen molar-refractivity contribution in [3.05, 3.63) is 50.8 Å². The minimum atomic E-state index is -0.305. The summed E-state index contributed by atoms with van der Waals surface area (Å²) < 4.78 is 11.5. The lowest BCUT2D eigenvalue weighted by Crippen LogP contribution is -2.19. The average Bonchev–Trinajstić information content (AvgIpc) is 2.45. The Morgan fingerprint density at radius 1 is 1.23 bits per heavy atom. The van der Waals surface area contributed by atoms with E-state index in [-0.39, 0.29) is 11.4 Å². The van der Waals surface area contributed by atoms with Crippen molar-refractivity contribution in [1.29, 1.82) is 0 Å². The predicted molar refractivity (Wildman–Crippen MR) is 87.4 cm³/mol. The monoisotopic (exact) mass is 321 g/mol. The molecular formula is C15H16ClN3O3. The van der Waals surface area contributed by atoms with Crippen LogP contribution in [0.5, 0.6) is 11.5 Å². The highest BCUT2D eigenvalue weighted by atomic mass is 35.5. The van der Waals surface area contributed by atoms with E-state index in [0.717, 1.165) is 10.2 Å². The van der Waals surface area contributed by atoms with Gasteiger partial charge in [0.1, 0.15) is 5.82 Å². The molecule has 0 saturated heterocycles. The van der Waals surface area contributed by atoms with E-state index < -0.39 is 0 Å². The Bertz CT molecular complexity index is 784. The fourth-order valence-corrected chi connectivity index (χ4v) is 2.28. The van der Waals surface area contributed by atoms with Gasteiger partial charge < -0.3 is 15.2 Å². The topological polar surface area (TPSA) is 78.8 Å². The SMILES string of the molecule is COc1cc(/C=N\n2c(N)cc(C)cc2=O)cc(Cl)c1OC. The van der Waals surface area contributed by atoms with Gasteiger partial charge in [0.25, 0.3) is 5.56 Å². The molecule has 0 spiro atoms. The number of nitrogens with zero attached hydrogens (tertiary/aromatic N) is 2. The van der Waals surface area contributed by atoms with Crippen LogP contribution in [0.1, 0.15) is 11.1 Å². The van der Waals surface area contributed by atoms with Crippen LogP contribution in [0.15, 0.2) is 34.2 Å². The fraction of sp³-hybridized carbons (Fsp3) is 0.200. The zero-order valence-electron chi connectivity index (χ0n) is 12.5. The van der Waals surface area contributed by atoms with Crippen molar-refractivity contribution in [1.82, 2.24) is 4.68 Å². The second-order valence-corrected chi connectivity index (χ2v) is 5.00. The molecule has 2 aromatic rings. The van der Waals surface area contributed by atoms with Gasteiger partial charge in [-0.05, 0) is 36.2 Å². The van der Waals surface area contributed by atoms with Crippen LogP contribution >= 0.6 is 11.6 Å². The molecule has 1 heterocycles. The highest BCUT2D eigenvalue weighted by Gasteiger charge is 2.10. The normalized spacial score (nSPS) is 10.9. The second kappa shape index (κ2) is 6.53. The molecule has 2 N–H and O–H groups in total. The zero-order chi connectivity index (χ0) is 16.3. The number of hydrogen-bond donors (Lipinski definition) is 1. The average molecular weight is 322 g/mol. The standard InChI is InChI=1S/C15H16ClN3O3/c1-9-4-13(17)19(14(20)5-9)18-8-10-6-11(16)15(22-3)12(7-10)21-2/h4-8H,17H2,1-3H3/b18-8-. The van der Waals surface area contributed by atoms with Gasteiger partial charge in [-0.3, -0.25) is 4.79 Å². The van der Waals surface area contributed by atoms with Gasteiger partial charge in [-0.15, -0.1) is 0 Å². The molecule has 6 nitrogen and oxygen atoms in total. The summed E-state index contributed by atoms with van der Waals surface area (Å²) in [5.74, 6) is 1.17. The van der Waals surface area contributed by atoms with E-state index in [1.54, 1.807) is 25.1 Å². The van der Waals surface area contributed by atoms with E-state index in [9.17, 15) is 4.79 Å². The van der Waals surface area contributed by atoms with Crippen LogP contribution in [-0.2, 0) is 0 Å². The Kier molecular flexibility index (Phi) is 4.72. The molecule has 0 radical (unpaired) electrons. The lowest BCUT2D eigenvalue weighted by atomic mass is 10.2. The maximum atomic E-state index is 11.9. The minimum Gasteiger partial charge on any atom is -0.493 e. The highest BCUT2D eigenvalue weighted by Crippen LogP contribution is 2.35. The number of hydrogen-bond acceptors (Lipinski definition) is 5. The van der Waals surface area contributed by atoms with E-state index >= 15 is 0 Å². The molecule has 0 bridgehead atoms. The van der Waals surface area contributed by atoms with Gasteiger partial charge in [0.2, 0.25) is 0 Å². The van der Waals surface area contributed by atoms with Gasteiger partial charge >= 0.3 is 0 Å². The number of anilines is 1. The summed E-state index contributed by atoms with van der Waals surface area (Å²) in [7, 11) is 3.02. The number of benzene rings is 1. The number of halogens is 1. The van der Waals surface area contributed by atoms with Crippen LogP contribution in [0.25, 0.3) is 0 Å². The van der Waals surface area contributed by atoms with Crippen molar-refractivity contribution in [2.45, 2.75) is 6.92 Å². The number of aryl methyl sites for hydroxylation is 1. The predicted octanol–water partition coefficient (Wildman–Crippen LogP) is 2.29. The number of methoxy groups -OCH3 is 2. The highest BCUT2D eigenvalue weighted by molar-refractivity contribution is 6.32. The van der Waals surface area contributed by atoms with Crippen molar-refractivity contribution in [3.8, 4) is 11.5 Å². The van der Waals surface area contributed by atoms with Gasteiger partial charge in [0.15, 0.2) is 11.5 Å². The summed E-state index contributed by atoms with van der Waals surface area (Å²) in [5.41, 5.74) is 6.92. The van der Waals surface area contributed by atoms with Crippen molar-refractivity contribution >= 4 is 23.6 Å². The first-order valence-corrected chi connectivity index (χ1v) is 6.79. The van der Waals surface area contributed by atoms with Gasteiger partial charge in [-0.1, -0.05) is 11.6 Å². The molecule has 1 aromatic heterocycles. The third-order valence-electron chi connectivity index (χ3n) is 2.96. The molecule has 0 fully saturated rings. The molecule has 22 heavy (non-hydrogen) atoms. The molecule has 2 rings (SSSR count). The molecule has 0 aliphatic carbocycles. The number of ether oxygens (including phenoxy) is 2. The largest absolute Gasteiger partial charge is 0.493 e. The molecule has 7 heteroatoms. The molecule has 0 saturated carbocycles. The lowest BCUT2D eigenvalue weighted by Gasteiger charge is -2.10. The van der Waals surface area contributed by atoms with Crippen LogP contribution in [0.4, 0.5) is 5.82 Å². The summed E-state index contributed by atoms with van der Waals surface area (Å²) in [6.07, 6.45) is 1.47. The van der Waals surface area contributed by atoms with Crippen molar-refractivity contribution in [2.75, 3.05) is 20.0 Å². The second-order valence-electron chi connectivity index (χ2n) is 4.59. The molecule has 116 valence electrons. The van der Waals surface area contributed by atoms with E-state index in [1.165, 1.54) is 26.5 Å². The first-order chi connectivity index (χ1) is 10.5. The minimum absolute atomic E-state index is 0.257. The quantitative estimate of drug-likeness (QED) is 0.876. The zero-order valence-corrected chi connectivity index (χ0v) is 13.2. The first-order valence-electron chi connectivity index (χ1n) is 6.41. The van der Waals surface area contributed by atoms with Gasteiger partial charge in [0, 0.05) is 6.07 Å². The summed E-state index contributed by atoms with van der Waals surface area (Å²) in [6, 6.07) is 6.47. The van der Waals surface area contributed by atoms with Crippen molar-refractivity contribution in [3.63, 3.8) is 0 Å². The van der Waals surface area contributed by atoms with Crippen molar-refractivity contribution in [2.24, 2.45) is 5.10 Å². The number of nitrogens with two attached hydrogens (primary N) is 1. The number of aromatic nitrogens is 1. The molecule has 0 unspecified atom stereocenters. The van der Waals surface area contributed by atoms with Crippen molar-refractivity contribution < 1.29 is 9.47 Å². The summed E-state index contributed by atoms with van der Waals surface area (Å²) in [6.45, 7) is 1.79. The van der Waals surface area contributed by atoms with E-state index in [1.807, 2.05) is 0 Å². The Labute approximate surface area is 132 Å². The van der Waals surface area contributed by atoms with E-state index in [0.29, 0.717) is 22.1 Å². The molecule has 0 atom stereocenters. The summed E-state index contributed by atoms with van der Waals surface area (Å²) in [4.78, 5) is 11.9. The Morgan fingerprint density at radius 3 is 2.55 bits per heavy atom. The van der Waals surface area contributed by atoms with Crippen LogP contribution in [0.2, 0.25) is 5.02 Å². The van der Waals surface area contributed by atoms with Gasteiger partial charge in [-0.25, -0.2) is 0 Å². The number of rotatable bonds is 4. The molecule has 0 aliphatic rings. The lowest BCUT2D eigenvalue weighted by molar-refractivity contribution is 0.355. The van der Waals surface area contributed by atoms with Crippen LogP contribution in [-0.4, -0.2) is 25.1 Å². The first kappa shape index (κ1) is 15.9. The third-order valence-corrected chi connectivity index (χ3v) is 3.24. The van der Waals surface area contributed by atoms with E-state index in [4.69, 9.17) is 26.8 Å². The summed E-state index contributed by atoms with van der Waals surface area (Å²) >= 11 is 6.12. The van der Waals surface area contributed by atoms with Crippen LogP contribution in [0, 0.1) is 6.92 Å². The smallest absolute Gasteiger partial charge is 0.273 e.